The second-order valence-electron chi connectivity index (χ2n) is 2.19. The van der Waals surface area contributed by atoms with Crippen LogP contribution in [-0.2, 0) is 0 Å². The lowest BCUT2D eigenvalue weighted by Gasteiger charge is -1.98. The second kappa shape index (κ2) is 3.02. The topological polar surface area (TPSA) is 23.8 Å². The number of nitriles is 1. The molecule has 1 aromatic rings. The summed E-state index contributed by atoms with van der Waals surface area (Å²) >= 11 is 3.02. The van der Waals surface area contributed by atoms with Crippen LogP contribution >= 0.6 is 15.9 Å². The molecule has 0 aliphatic heterocycles. The summed E-state index contributed by atoms with van der Waals surface area (Å²) < 4.78 is 13.1. The van der Waals surface area contributed by atoms with E-state index < -0.39 is 5.82 Å². The Morgan fingerprint density at radius 3 is 2.73 bits per heavy atom. The summed E-state index contributed by atoms with van der Waals surface area (Å²) in [7, 11) is 0. The van der Waals surface area contributed by atoms with Crippen LogP contribution in [0.4, 0.5) is 4.39 Å². The minimum absolute atomic E-state index is 0.380. The fraction of sp³-hybridized carbons (Fsp3) is 0.125. The molecule has 0 fully saturated rings. The van der Waals surface area contributed by atoms with Crippen molar-refractivity contribution < 1.29 is 4.39 Å². The predicted octanol–water partition coefficient (Wildman–Crippen LogP) is 2.77. The van der Waals surface area contributed by atoms with Crippen LogP contribution in [0, 0.1) is 24.1 Å². The van der Waals surface area contributed by atoms with Gasteiger partial charge in [0.05, 0.1) is 16.1 Å². The fourth-order valence-corrected chi connectivity index (χ4v) is 1.22. The normalized spacial score (nSPS) is 9.27. The summed E-state index contributed by atoms with van der Waals surface area (Å²) in [4.78, 5) is 0. The molecule has 0 radical (unpaired) electrons. The first-order valence-corrected chi connectivity index (χ1v) is 3.80. The van der Waals surface area contributed by atoms with Crippen molar-refractivity contribution in [2.75, 3.05) is 0 Å². The molecule has 0 atom stereocenters. The van der Waals surface area contributed by atoms with E-state index in [1.54, 1.807) is 13.0 Å². The van der Waals surface area contributed by atoms with E-state index in [1.807, 2.05) is 6.07 Å². The highest BCUT2D eigenvalue weighted by Crippen LogP contribution is 2.19. The molecule has 0 N–H and O–H groups in total. The van der Waals surface area contributed by atoms with Gasteiger partial charge < -0.3 is 0 Å². The summed E-state index contributed by atoms with van der Waals surface area (Å²) in [6.45, 7) is 1.77. The number of aryl methyl sites for hydroxylation is 1. The number of hydrogen-bond acceptors (Lipinski definition) is 1. The maximum atomic E-state index is 12.7. The zero-order valence-electron chi connectivity index (χ0n) is 5.86. The predicted molar refractivity (Wildman–Crippen MR) is 43.6 cm³/mol. The highest BCUT2D eigenvalue weighted by Gasteiger charge is 2.03. The Bertz CT molecular complexity index is 328. The third-order valence-electron chi connectivity index (χ3n) is 1.39. The van der Waals surface area contributed by atoms with E-state index in [2.05, 4.69) is 15.9 Å². The van der Waals surface area contributed by atoms with Gasteiger partial charge in [0.2, 0.25) is 0 Å². The molecule has 11 heavy (non-hydrogen) atoms. The van der Waals surface area contributed by atoms with E-state index in [9.17, 15) is 4.39 Å². The van der Waals surface area contributed by atoms with Gasteiger partial charge in [0.25, 0.3) is 0 Å². The molecule has 0 unspecified atom stereocenters. The summed E-state index contributed by atoms with van der Waals surface area (Å²) in [6, 6.07) is 4.72. The van der Waals surface area contributed by atoms with Crippen molar-refractivity contribution in [3.05, 3.63) is 33.5 Å². The quantitative estimate of drug-likeness (QED) is 0.651. The molecule has 0 heterocycles. The van der Waals surface area contributed by atoms with Gasteiger partial charge >= 0.3 is 0 Å². The number of nitrogens with zero attached hydrogens (tertiary/aromatic N) is 1. The summed E-state index contributed by atoms with van der Waals surface area (Å²) in [6.07, 6.45) is 0. The lowest BCUT2D eigenvalue weighted by atomic mass is 10.1. The highest BCUT2D eigenvalue weighted by molar-refractivity contribution is 9.10. The molecule has 1 aromatic carbocycles. The highest BCUT2D eigenvalue weighted by atomic mass is 79.9. The third-order valence-corrected chi connectivity index (χ3v) is 2.00. The standard InChI is InChI=1S/C8H5BrFN/c1-5-2-7(9)8(10)3-6(5)4-11/h2-3H,1H3. The van der Waals surface area contributed by atoms with Crippen LogP contribution in [0.3, 0.4) is 0 Å². The SMILES string of the molecule is Cc1cc(Br)c(F)cc1C#N. The van der Waals surface area contributed by atoms with Gasteiger partial charge in [-0.3, -0.25) is 0 Å². The Morgan fingerprint density at radius 1 is 1.55 bits per heavy atom. The molecular weight excluding hydrogens is 209 g/mol. The smallest absolute Gasteiger partial charge is 0.138 e. The zero-order valence-corrected chi connectivity index (χ0v) is 7.44. The summed E-state index contributed by atoms with van der Waals surface area (Å²) in [5.74, 6) is -0.396. The van der Waals surface area contributed by atoms with Gasteiger partial charge in [-0.2, -0.15) is 5.26 Å². The maximum Gasteiger partial charge on any atom is 0.138 e. The average molecular weight is 214 g/mol. The van der Waals surface area contributed by atoms with E-state index in [1.165, 1.54) is 6.07 Å². The lowest BCUT2D eigenvalue weighted by molar-refractivity contribution is 0.620. The molecule has 0 spiro atoms. The van der Waals surface area contributed by atoms with E-state index in [0.29, 0.717) is 10.0 Å². The molecule has 1 nitrogen and oxygen atoms in total. The van der Waals surface area contributed by atoms with Crippen molar-refractivity contribution in [3.8, 4) is 6.07 Å². The minimum Gasteiger partial charge on any atom is -0.206 e. The molecule has 0 aromatic heterocycles. The summed E-state index contributed by atoms with van der Waals surface area (Å²) in [5.41, 5.74) is 1.16. The van der Waals surface area contributed by atoms with Gasteiger partial charge in [-0.05, 0) is 40.5 Å². The molecule has 0 saturated carbocycles. The fourth-order valence-electron chi connectivity index (χ4n) is 0.767. The number of hydrogen-bond donors (Lipinski definition) is 0. The van der Waals surface area contributed by atoms with Gasteiger partial charge in [0, 0.05) is 0 Å². The zero-order chi connectivity index (χ0) is 8.43. The Balaban J connectivity index is 3.35. The number of halogens is 2. The molecule has 0 saturated heterocycles. The van der Waals surface area contributed by atoms with Crippen molar-refractivity contribution in [2.24, 2.45) is 0 Å². The Hall–Kier alpha value is -0.880. The van der Waals surface area contributed by atoms with Gasteiger partial charge in [-0.1, -0.05) is 0 Å². The van der Waals surface area contributed by atoms with Crippen LogP contribution in [0.25, 0.3) is 0 Å². The van der Waals surface area contributed by atoms with Crippen LogP contribution in [0.2, 0.25) is 0 Å². The van der Waals surface area contributed by atoms with Crippen LogP contribution in [0.1, 0.15) is 11.1 Å². The largest absolute Gasteiger partial charge is 0.206 e. The lowest BCUT2D eigenvalue weighted by Crippen LogP contribution is -1.85. The van der Waals surface area contributed by atoms with Gasteiger partial charge in [0.15, 0.2) is 0 Å². The minimum atomic E-state index is -0.396. The Kier molecular flexibility index (Phi) is 2.25. The van der Waals surface area contributed by atoms with Crippen molar-refractivity contribution in [1.82, 2.24) is 0 Å². The van der Waals surface area contributed by atoms with Crippen LogP contribution in [0.15, 0.2) is 16.6 Å². The van der Waals surface area contributed by atoms with Gasteiger partial charge in [-0.15, -0.1) is 0 Å². The van der Waals surface area contributed by atoms with Crippen LogP contribution < -0.4 is 0 Å². The van der Waals surface area contributed by atoms with Crippen LogP contribution in [0.5, 0.6) is 0 Å². The molecule has 0 bridgehead atoms. The van der Waals surface area contributed by atoms with Crippen molar-refractivity contribution in [2.45, 2.75) is 6.92 Å². The molecule has 0 aliphatic carbocycles. The first kappa shape index (κ1) is 8.22. The number of rotatable bonds is 0. The van der Waals surface area contributed by atoms with Crippen LogP contribution in [-0.4, -0.2) is 0 Å². The van der Waals surface area contributed by atoms with E-state index in [-0.39, 0.29) is 0 Å². The van der Waals surface area contributed by atoms with Crippen molar-refractivity contribution in [1.29, 1.82) is 5.26 Å². The van der Waals surface area contributed by atoms with E-state index >= 15 is 0 Å². The Morgan fingerprint density at radius 2 is 2.18 bits per heavy atom. The van der Waals surface area contributed by atoms with Crippen molar-refractivity contribution >= 4 is 15.9 Å². The first-order chi connectivity index (χ1) is 5.15. The van der Waals surface area contributed by atoms with Gasteiger partial charge in [-0.25, -0.2) is 4.39 Å². The molecule has 56 valence electrons. The van der Waals surface area contributed by atoms with E-state index in [0.717, 1.165) is 5.56 Å². The number of benzene rings is 1. The molecule has 0 aliphatic rings. The molecule has 0 amide bonds. The van der Waals surface area contributed by atoms with E-state index in [4.69, 9.17) is 5.26 Å². The second-order valence-corrected chi connectivity index (χ2v) is 3.05. The maximum absolute atomic E-state index is 12.7. The summed E-state index contributed by atoms with van der Waals surface area (Å²) in [5, 5.41) is 8.50. The Labute approximate surface area is 72.6 Å². The molecular formula is C8H5BrFN. The third kappa shape index (κ3) is 1.58. The first-order valence-electron chi connectivity index (χ1n) is 3.01. The average Bonchev–Trinajstić information content (AvgIpc) is 1.97. The molecule has 1 rings (SSSR count). The molecule has 3 heteroatoms. The monoisotopic (exact) mass is 213 g/mol. The van der Waals surface area contributed by atoms with Crippen molar-refractivity contribution in [3.63, 3.8) is 0 Å². The van der Waals surface area contributed by atoms with Gasteiger partial charge in [0.1, 0.15) is 5.82 Å².